The predicted octanol–water partition coefficient (Wildman–Crippen LogP) is 6.85. The highest BCUT2D eigenvalue weighted by Gasteiger charge is 2.42. The summed E-state index contributed by atoms with van der Waals surface area (Å²) >= 11 is 1.60. The molecule has 2 fully saturated rings. The number of thiazole rings is 1. The van der Waals surface area contributed by atoms with Gasteiger partial charge in [-0.2, -0.15) is 5.10 Å². The van der Waals surface area contributed by atoms with Crippen LogP contribution in [0.4, 0.5) is 11.4 Å². The molecule has 15 heteroatoms. The van der Waals surface area contributed by atoms with Gasteiger partial charge in [-0.05, 0) is 105 Å². The molecule has 61 heavy (non-hydrogen) atoms. The van der Waals surface area contributed by atoms with Crippen LogP contribution in [0.1, 0.15) is 86.7 Å². The molecule has 3 aromatic heterocycles. The number of pyridine rings is 1. The van der Waals surface area contributed by atoms with E-state index in [4.69, 9.17) is 4.74 Å². The van der Waals surface area contributed by atoms with Gasteiger partial charge in [0, 0.05) is 37.2 Å². The minimum absolute atomic E-state index is 0.114. The Balaban J connectivity index is 0.876. The molecule has 14 nitrogen and oxygen atoms in total. The van der Waals surface area contributed by atoms with Crippen LogP contribution in [0.15, 0.2) is 78.4 Å². The number of amides is 4. The maximum Gasteiger partial charge on any atom is 0.274 e. The number of hydrogen-bond acceptors (Lipinski definition) is 10. The quantitative estimate of drug-likeness (QED) is 0.0989. The molecule has 2 saturated heterocycles. The third-order valence-electron chi connectivity index (χ3n) is 11.5. The molecule has 4 N–H and O–H groups in total. The molecule has 0 unspecified atom stereocenters. The van der Waals surface area contributed by atoms with Crippen LogP contribution < -0.4 is 20.9 Å². The zero-order valence-electron chi connectivity index (χ0n) is 35.7. The molecule has 5 aromatic rings. The zero-order chi connectivity index (χ0) is 43.3. The number of piperidine rings is 1. The predicted molar refractivity (Wildman–Crippen MR) is 237 cm³/mol. The van der Waals surface area contributed by atoms with Crippen molar-refractivity contribution in [2.45, 2.75) is 91.5 Å². The van der Waals surface area contributed by atoms with Crippen molar-refractivity contribution in [3.63, 3.8) is 0 Å². The van der Waals surface area contributed by atoms with Gasteiger partial charge < -0.3 is 30.5 Å². The molecule has 0 spiro atoms. The van der Waals surface area contributed by atoms with Crippen LogP contribution in [-0.2, 0) is 19.1 Å². The number of rotatable bonds is 13. The van der Waals surface area contributed by atoms with E-state index in [1.165, 1.54) is 0 Å². The molecule has 2 aliphatic heterocycles. The molecule has 2 aliphatic rings. The normalized spacial score (nSPS) is 16.9. The number of aromatic nitrogens is 4. The van der Waals surface area contributed by atoms with Gasteiger partial charge >= 0.3 is 0 Å². The first-order chi connectivity index (χ1) is 29.2. The van der Waals surface area contributed by atoms with Crippen LogP contribution in [0.2, 0.25) is 0 Å². The van der Waals surface area contributed by atoms with Crippen molar-refractivity contribution >= 4 is 46.3 Å². The summed E-state index contributed by atoms with van der Waals surface area (Å²) in [5.74, 6) is -1.13. The lowest BCUT2D eigenvalue weighted by Crippen LogP contribution is -2.58. The average molecular weight is 846 g/mol. The van der Waals surface area contributed by atoms with E-state index in [0.29, 0.717) is 36.5 Å². The molecule has 5 heterocycles. The maximum atomic E-state index is 14.1. The standard InChI is InChI=1S/C46H55N9O5S/c1-28-25-33(16-17-35(28)51-43(57)38-10-7-9-36(50-38)37-18-21-48-53-37)54-23-19-34(20-24-54)60-26-40(56)52-42(46(4,5)6)45(59)55-22-8-11-39(55)44(58)49-29(2)31-12-14-32(15-13-31)41-30(3)47-27-61-41/h7,9-10,12-18,21,25,27,29,34,39,42H,8,11,19-20,22-24,26H2,1-6H3,(H,48,53)(H,49,58)(H,51,57)(H,52,56)/t29-,39-,42+/m0/s1. The Hall–Kier alpha value is -5.93. The molecule has 7 rings (SSSR count). The number of benzene rings is 2. The van der Waals surface area contributed by atoms with Crippen LogP contribution in [0.5, 0.6) is 0 Å². The fourth-order valence-corrected chi connectivity index (χ4v) is 8.78. The van der Waals surface area contributed by atoms with Crippen LogP contribution in [0, 0.1) is 19.3 Å². The first kappa shape index (κ1) is 43.2. The van der Waals surface area contributed by atoms with Gasteiger partial charge in [0.15, 0.2) is 0 Å². The van der Waals surface area contributed by atoms with Gasteiger partial charge in [0.2, 0.25) is 17.7 Å². The summed E-state index contributed by atoms with van der Waals surface area (Å²) in [6.45, 7) is 13.4. The number of aromatic amines is 1. The highest BCUT2D eigenvalue weighted by molar-refractivity contribution is 7.13. The SMILES string of the molecule is Cc1cc(N2CCC(OCC(=O)N[C@H](C(=O)N3CCC[C@H]3C(=O)N[C@@H](C)c3ccc(-c4scnc4C)cc3)C(C)(C)C)CC2)ccc1NC(=O)c1cccc(-c2ccn[nH]2)n1. The lowest BCUT2D eigenvalue weighted by Gasteiger charge is -2.36. The highest BCUT2D eigenvalue weighted by atomic mass is 32.1. The number of carbonyl (C=O) groups excluding carboxylic acids is 4. The molecule has 0 radical (unpaired) electrons. The summed E-state index contributed by atoms with van der Waals surface area (Å²) in [6, 6.07) is 19.5. The third kappa shape index (κ3) is 10.3. The fourth-order valence-electron chi connectivity index (χ4n) is 7.97. The van der Waals surface area contributed by atoms with Crippen molar-refractivity contribution in [2.75, 3.05) is 36.5 Å². The number of aryl methyl sites for hydroxylation is 2. The highest BCUT2D eigenvalue weighted by Crippen LogP contribution is 2.30. The first-order valence-corrected chi connectivity index (χ1v) is 21.8. The molecule has 0 bridgehead atoms. The lowest BCUT2D eigenvalue weighted by molar-refractivity contribution is -0.145. The van der Waals surface area contributed by atoms with Gasteiger partial charge in [-0.25, -0.2) is 9.97 Å². The number of H-pyrrole nitrogens is 1. The molecule has 2 aromatic carbocycles. The molecule has 3 atom stereocenters. The Morgan fingerprint density at radius 1 is 0.951 bits per heavy atom. The van der Waals surface area contributed by atoms with E-state index in [2.05, 4.69) is 47.1 Å². The smallest absolute Gasteiger partial charge is 0.274 e. The van der Waals surface area contributed by atoms with Crippen molar-refractivity contribution in [3.8, 4) is 21.8 Å². The number of anilines is 2. The van der Waals surface area contributed by atoms with Crippen LogP contribution in [-0.4, -0.2) is 93.1 Å². The van der Waals surface area contributed by atoms with E-state index in [1.54, 1.807) is 40.6 Å². The first-order valence-electron chi connectivity index (χ1n) is 20.9. The molecule has 4 amide bonds. The van der Waals surface area contributed by atoms with E-state index >= 15 is 0 Å². The Bertz CT molecular complexity index is 2330. The Labute approximate surface area is 360 Å². The molecular formula is C46H55N9O5S. The zero-order valence-corrected chi connectivity index (χ0v) is 36.5. The number of carbonyl (C=O) groups is 4. The molecule has 0 saturated carbocycles. The van der Waals surface area contributed by atoms with Gasteiger partial charge in [0.25, 0.3) is 5.91 Å². The molecule has 0 aliphatic carbocycles. The number of nitrogens with one attached hydrogen (secondary N) is 4. The second-order valence-corrected chi connectivity index (χ2v) is 17.9. The van der Waals surface area contributed by atoms with Crippen LogP contribution in [0.3, 0.4) is 0 Å². The summed E-state index contributed by atoms with van der Waals surface area (Å²) in [5, 5.41) is 15.9. The van der Waals surface area contributed by atoms with Crippen molar-refractivity contribution in [2.24, 2.45) is 5.41 Å². The Morgan fingerprint density at radius 3 is 2.39 bits per heavy atom. The second kappa shape index (κ2) is 18.8. The number of likely N-dealkylation sites (tertiary alicyclic amines) is 1. The van der Waals surface area contributed by atoms with Gasteiger partial charge in [0.05, 0.1) is 39.6 Å². The van der Waals surface area contributed by atoms with Gasteiger partial charge in [-0.3, -0.25) is 24.3 Å². The van der Waals surface area contributed by atoms with Gasteiger partial charge in [0.1, 0.15) is 24.4 Å². The monoisotopic (exact) mass is 845 g/mol. The number of hydrogen-bond donors (Lipinski definition) is 4. The summed E-state index contributed by atoms with van der Waals surface area (Å²) in [7, 11) is 0. The van der Waals surface area contributed by atoms with E-state index in [0.717, 1.165) is 64.6 Å². The lowest BCUT2D eigenvalue weighted by atomic mass is 9.85. The largest absolute Gasteiger partial charge is 0.371 e. The summed E-state index contributed by atoms with van der Waals surface area (Å²) in [5.41, 5.74) is 8.62. The minimum Gasteiger partial charge on any atom is -0.371 e. The number of ether oxygens (including phenoxy) is 1. The van der Waals surface area contributed by atoms with Crippen LogP contribution >= 0.6 is 11.3 Å². The van der Waals surface area contributed by atoms with Crippen LogP contribution in [0.25, 0.3) is 21.8 Å². The van der Waals surface area contributed by atoms with Gasteiger partial charge in [-0.15, -0.1) is 11.3 Å². The Morgan fingerprint density at radius 2 is 1.72 bits per heavy atom. The minimum atomic E-state index is -0.835. The number of nitrogens with zero attached hydrogens (tertiary/aromatic N) is 5. The van der Waals surface area contributed by atoms with E-state index < -0.39 is 17.5 Å². The van der Waals surface area contributed by atoms with Crippen molar-refractivity contribution in [1.29, 1.82) is 0 Å². The van der Waals surface area contributed by atoms with Crippen molar-refractivity contribution in [3.05, 3.63) is 101 Å². The molecular weight excluding hydrogens is 791 g/mol. The molecule has 320 valence electrons. The third-order valence-corrected chi connectivity index (χ3v) is 12.5. The Kier molecular flexibility index (Phi) is 13.3. The average Bonchev–Trinajstić information content (AvgIpc) is 4.06. The van der Waals surface area contributed by atoms with E-state index in [9.17, 15) is 19.2 Å². The second-order valence-electron chi connectivity index (χ2n) is 17.0. The summed E-state index contributed by atoms with van der Waals surface area (Å²) < 4.78 is 6.10. The van der Waals surface area contributed by atoms with Crippen molar-refractivity contribution < 1.29 is 23.9 Å². The topological polar surface area (TPSA) is 175 Å². The fraction of sp³-hybridized carbons (Fsp3) is 0.413. The van der Waals surface area contributed by atoms with E-state index in [1.807, 2.05) is 89.5 Å². The van der Waals surface area contributed by atoms with Crippen molar-refractivity contribution in [1.82, 2.24) is 35.7 Å². The maximum absolute atomic E-state index is 14.1. The summed E-state index contributed by atoms with van der Waals surface area (Å²) in [4.78, 5) is 68.1. The van der Waals surface area contributed by atoms with Gasteiger partial charge in [-0.1, -0.05) is 51.1 Å². The summed E-state index contributed by atoms with van der Waals surface area (Å²) in [6.07, 6.45) is 4.24. The van der Waals surface area contributed by atoms with E-state index in [-0.39, 0.29) is 42.4 Å².